The third kappa shape index (κ3) is 7.23. The van der Waals surface area contributed by atoms with Gasteiger partial charge in [-0.15, -0.1) is 0 Å². The maximum atomic E-state index is 12.4. The first-order valence-electron chi connectivity index (χ1n) is 9.32. The smallest absolute Gasteiger partial charge is 0.338 e. The summed E-state index contributed by atoms with van der Waals surface area (Å²) in [6.45, 7) is 4.47. The van der Waals surface area contributed by atoms with E-state index in [-0.39, 0.29) is 5.75 Å². The molecule has 156 valence electrons. The number of esters is 1. The van der Waals surface area contributed by atoms with Crippen LogP contribution in [-0.2, 0) is 25.1 Å². The summed E-state index contributed by atoms with van der Waals surface area (Å²) >= 11 is 0. The average Bonchev–Trinajstić information content (AvgIpc) is 2.67. The topological polar surface area (TPSA) is 98.8 Å². The molecule has 8 heteroatoms. The van der Waals surface area contributed by atoms with Crippen molar-refractivity contribution < 1.29 is 27.5 Å². The van der Waals surface area contributed by atoms with Crippen LogP contribution < -0.4 is 10.1 Å². The number of carbonyl (C=O) groups excluding carboxylic acids is 2. The van der Waals surface area contributed by atoms with Crippen LogP contribution in [0.3, 0.4) is 0 Å². The van der Waals surface area contributed by atoms with Crippen LogP contribution in [0.1, 0.15) is 36.2 Å². The Bertz CT molecular complexity index is 938. The molecule has 1 N–H and O–H groups in total. The molecular formula is C21H25NO6S. The molecular weight excluding hydrogens is 394 g/mol. The molecule has 2 rings (SSSR count). The van der Waals surface area contributed by atoms with E-state index in [9.17, 15) is 18.0 Å². The summed E-state index contributed by atoms with van der Waals surface area (Å²) in [6, 6.07) is 12.9. The van der Waals surface area contributed by atoms with Gasteiger partial charge in [0.1, 0.15) is 11.5 Å². The highest BCUT2D eigenvalue weighted by molar-refractivity contribution is 7.91. The van der Waals surface area contributed by atoms with E-state index in [0.29, 0.717) is 35.8 Å². The van der Waals surface area contributed by atoms with Crippen molar-refractivity contribution in [2.24, 2.45) is 0 Å². The second-order valence-corrected chi connectivity index (χ2v) is 8.41. The first-order valence-corrected chi connectivity index (χ1v) is 11.1. The SMILES string of the molecule is CCCOC(=O)c1ccc(CS(=O)(=O)CC(=O)Nc2ccccc2OCC)cc1. The minimum Gasteiger partial charge on any atom is -0.492 e. The van der Waals surface area contributed by atoms with Crippen LogP contribution in [0.25, 0.3) is 0 Å². The minimum absolute atomic E-state index is 0.308. The lowest BCUT2D eigenvalue weighted by Crippen LogP contribution is -2.24. The Kier molecular flexibility index (Phi) is 8.21. The van der Waals surface area contributed by atoms with Gasteiger partial charge in [0, 0.05) is 0 Å². The number of amides is 1. The molecule has 2 aromatic rings. The third-order valence-electron chi connectivity index (χ3n) is 3.83. The van der Waals surface area contributed by atoms with Crippen molar-refractivity contribution in [3.05, 3.63) is 59.7 Å². The molecule has 0 fully saturated rings. The van der Waals surface area contributed by atoms with Crippen LogP contribution in [0.15, 0.2) is 48.5 Å². The van der Waals surface area contributed by atoms with Gasteiger partial charge in [0.25, 0.3) is 0 Å². The molecule has 7 nitrogen and oxygen atoms in total. The Labute approximate surface area is 170 Å². The standard InChI is InChI=1S/C21H25NO6S/c1-3-13-28-21(24)17-11-9-16(10-12-17)14-29(25,26)15-20(23)22-18-7-5-6-8-19(18)27-4-2/h5-12H,3-4,13-15H2,1-2H3,(H,22,23). The zero-order valence-electron chi connectivity index (χ0n) is 16.5. The number of anilines is 1. The number of rotatable bonds is 10. The monoisotopic (exact) mass is 419 g/mol. The molecule has 0 saturated carbocycles. The molecule has 0 radical (unpaired) electrons. The van der Waals surface area contributed by atoms with E-state index in [1.165, 1.54) is 12.1 Å². The first kappa shape index (κ1) is 22.4. The quantitative estimate of drug-likeness (QED) is 0.594. The van der Waals surface area contributed by atoms with Gasteiger partial charge in [-0.1, -0.05) is 31.2 Å². The van der Waals surface area contributed by atoms with Crippen molar-refractivity contribution in [1.29, 1.82) is 0 Å². The number of para-hydroxylation sites is 2. The number of hydrogen-bond acceptors (Lipinski definition) is 6. The van der Waals surface area contributed by atoms with Crippen molar-refractivity contribution in [2.45, 2.75) is 26.0 Å². The highest BCUT2D eigenvalue weighted by Crippen LogP contribution is 2.23. The molecule has 0 unspecified atom stereocenters. The first-order chi connectivity index (χ1) is 13.8. The van der Waals surface area contributed by atoms with Gasteiger partial charge in [0.05, 0.1) is 30.2 Å². The van der Waals surface area contributed by atoms with Crippen LogP contribution in [0.4, 0.5) is 5.69 Å². The molecule has 0 heterocycles. The van der Waals surface area contributed by atoms with Gasteiger partial charge in [0.15, 0.2) is 9.84 Å². The van der Waals surface area contributed by atoms with Gasteiger partial charge in [-0.2, -0.15) is 0 Å². The van der Waals surface area contributed by atoms with Crippen molar-refractivity contribution >= 4 is 27.4 Å². The number of hydrogen-bond donors (Lipinski definition) is 1. The van der Waals surface area contributed by atoms with E-state index in [2.05, 4.69) is 5.32 Å². The Balaban J connectivity index is 1.97. The molecule has 0 aliphatic heterocycles. The summed E-state index contributed by atoms with van der Waals surface area (Å²) in [6.07, 6.45) is 0.721. The summed E-state index contributed by atoms with van der Waals surface area (Å²) < 4.78 is 35.2. The molecule has 0 atom stereocenters. The van der Waals surface area contributed by atoms with E-state index >= 15 is 0 Å². The minimum atomic E-state index is -3.70. The zero-order valence-corrected chi connectivity index (χ0v) is 17.3. The average molecular weight is 419 g/mol. The van der Waals surface area contributed by atoms with E-state index in [1.54, 1.807) is 36.4 Å². The number of carbonyl (C=O) groups is 2. The fraction of sp³-hybridized carbons (Fsp3) is 0.333. The van der Waals surface area contributed by atoms with Gasteiger partial charge >= 0.3 is 5.97 Å². The summed E-state index contributed by atoms with van der Waals surface area (Å²) in [7, 11) is -3.70. The molecule has 0 aliphatic carbocycles. The second-order valence-electron chi connectivity index (χ2n) is 6.34. The van der Waals surface area contributed by atoms with Crippen molar-refractivity contribution in [2.75, 3.05) is 24.3 Å². The zero-order chi connectivity index (χ0) is 21.3. The number of ether oxygens (including phenoxy) is 2. The van der Waals surface area contributed by atoms with Gasteiger partial charge in [-0.05, 0) is 43.2 Å². The summed E-state index contributed by atoms with van der Waals surface area (Å²) in [5.74, 6) is -1.58. The second kappa shape index (κ2) is 10.6. The Morgan fingerprint density at radius 2 is 1.69 bits per heavy atom. The highest BCUT2D eigenvalue weighted by Gasteiger charge is 2.19. The fourth-order valence-electron chi connectivity index (χ4n) is 2.56. The lowest BCUT2D eigenvalue weighted by Gasteiger charge is -2.11. The van der Waals surface area contributed by atoms with Crippen LogP contribution in [0.5, 0.6) is 5.75 Å². The number of nitrogens with one attached hydrogen (secondary N) is 1. The lowest BCUT2D eigenvalue weighted by molar-refractivity contribution is -0.113. The molecule has 0 bridgehead atoms. The van der Waals surface area contributed by atoms with E-state index in [0.717, 1.165) is 6.42 Å². The molecule has 0 spiro atoms. The van der Waals surface area contributed by atoms with Crippen LogP contribution >= 0.6 is 0 Å². The van der Waals surface area contributed by atoms with Gasteiger partial charge in [-0.25, -0.2) is 13.2 Å². The van der Waals surface area contributed by atoms with E-state index in [1.807, 2.05) is 13.8 Å². The molecule has 1 amide bonds. The predicted molar refractivity (Wildman–Crippen MR) is 111 cm³/mol. The summed E-state index contributed by atoms with van der Waals surface area (Å²) in [5.41, 5.74) is 1.26. The maximum Gasteiger partial charge on any atom is 0.338 e. The third-order valence-corrected chi connectivity index (χ3v) is 5.30. The Hall–Kier alpha value is -2.87. The van der Waals surface area contributed by atoms with Crippen LogP contribution in [0.2, 0.25) is 0 Å². The summed E-state index contributed by atoms with van der Waals surface area (Å²) in [5, 5.41) is 2.58. The fourth-order valence-corrected chi connectivity index (χ4v) is 3.83. The van der Waals surface area contributed by atoms with Gasteiger partial charge in [-0.3, -0.25) is 4.79 Å². The number of sulfone groups is 1. The van der Waals surface area contributed by atoms with Crippen molar-refractivity contribution in [1.82, 2.24) is 0 Å². The molecule has 0 aromatic heterocycles. The highest BCUT2D eigenvalue weighted by atomic mass is 32.2. The Morgan fingerprint density at radius 3 is 2.34 bits per heavy atom. The predicted octanol–water partition coefficient (Wildman–Crippen LogP) is 3.21. The molecule has 2 aromatic carbocycles. The normalized spacial score (nSPS) is 11.0. The lowest BCUT2D eigenvalue weighted by atomic mass is 10.1. The van der Waals surface area contributed by atoms with Crippen molar-refractivity contribution in [3.63, 3.8) is 0 Å². The maximum absolute atomic E-state index is 12.4. The van der Waals surface area contributed by atoms with E-state index < -0.39 is 27.5 Å². The largest absolute Gasteiger partial charge is 0.492 e. The van der Waals surface area contributed by atoms with Gasteiger partial charge in [0.2, 0.25) is 5.91 Å². The van der Waals surface area contributed by atoms with Crippen LogP contribution in [-0.4, -0.2) is 39.3 Å². The number of benzene rings is 2. The molecule has 0 saturated heterocycles. The summed E-state index contributed by atoms with van der Waals surface area (Å²) in [4.78, 5) is 24.0. The van der Waals surface area contributed by atoms with Crippen molar-refractivity contribution in [3.8, 4) is 5.75 Å². The Morgan fingerprint density at radius 1 is 1.00 bits per heavy atom. The molecule has 29 heavy (non-hydrogen) atoms. The van der Waals surface area contributed by atoms with Gasteiger partial charge < -0.3 is 14.8 Å². The van der Waals surface area contributed by atoms with Crippen LogP contribution in [0, 0.1) is 0 Å². The molecule has 0 aliphatic rings. The van der Waals surface area contributed by atoms with E-state index in [4.69, 9.17) is 9.47 Å².